The summed E-state index contributed by atoms with van der Waals surface area (Å²) in [7, 11) is -12.2. The first-order valence-electron chi connectivity index (χ1n) is 2.54. The molecule has 0 spiro atoms. The second-order valence-corrected chi connectivity index (χ2v) is 4.54. The molecule has 106 valence electrons. The molecule has 6 nitrogen and oxygen atoms in total. The van der Waals surface area contributed by atoms with E-state index in [-0.39, 0.29) is 16.8 Å². The van der Waals surface area contributed by atoms with Crippen LogP contribution in [0, 0.1) is 0 Å². The van der Waals surface area contributed by atoms with Crippen LogP contribution >= 0.6 is 0 Å². The van der Waals surface area contributed by atoms with Gasteiger partial charge in [-0.1, -0.05) is 0 Å². The average molecular weight is 357 g/mol. The zero-order valence-electron chi connectivity index (χ0n) is 6.87. The summed E-state index contributed by atoms with van der Waals surface area (Å²) in [5, 5.41) is 0. The minimum Gasteiger partial charge on any atom is -0.741 e. The van der Waals surface area contributed by atoms with E-state index in [2.05, 4.69) is 0 Å². The van der Waals surface area contributed by atoms with E-state index in [9.17, 15) is 26.3 Å². The van der Waals surface area contributed by atoms with Crippen molar-refractivity contribution in [2.75, 3.05) is 0 Å². The van der Waals surface area contributed by atoms with Gasteiger partial charge < -0.3 is 9.11 Å². The Morgan fingerprint density at radius 1 is 0.647 bits per heavy atom. The third-order valence-corrected chi connectivity index (χ3v) is 1.70. The van der Waals surface area contributed by atoms with Crippen LogP contribution in [0.25, 0.3) is 0 Å². The van der Waals surface area contributed by atoms with E-state index in [1.165, 1.54) is 0 Å². The van der Waals surface area contributed by atoms with Gasteiger partial charge in [-0.05, 0) is 0 Å². The summed E-state index contributed by atoms with van der Waals surface area (Å²) in [6, 6.07) is 0. The summed E-state index contributed by atoms with van der Waals surface area (Å²) < 4.78 is 118. The molecular formula is C2CoF6O6S2+. The Bertz CT molecular complexity index is 374. The van der Waals surface area contributed by atoms with Crippen molar-refractivity contribution in [2.24, 2.45) is 0 Å². The number of halogens is 6. The zero-order chi connectivity index (χ0) is 14.0. The summed E-state index contributed by atoms with van der Waals surface area (Å²) in [5.74, 6) is 0. The van der Waals surface area contributed by atoms with Gasteiger partial charge in [0.05, 0.1) is 0 Å². The molecule has 15 heteroatoms. The van der Waals surface area contributed by atoms with Crippen molar-refractivity contribution in [3.05, 3.63) is 0 Å². The zero-order valence-corrected chi connectivity index (χ0v) is 9.54. The van der Waals surface area contributed by atoms with Gasteiger partial charge in [-0.2, -0.15) is 26.3 Å². The van der Waals surface area contributed by atoms with Crippen LogP contribution in [0.3, 0.4) is 0 Å². The van der Waals surface area contributed by atoms with Crippen molar-refractivity contribution in [1.82, 2.24) is 0 Å². The van der Waals surface area contributed by atoms with Crippen LogP contribution in [0.5, 0.6) is 0 Å². The molecular weight excluding hydrogens is 357 g/mol. The summed E-state index contributed by atoms with van der Waals surface area (Å²) in [5.41, 5.74) is -11.3. The fourth-order valence-electron chi connectivity index (χ4n) is 0. The van der Waals surface area contributed by atoms with Gasteiger partial charge in [-0.25, -0.2) is 16.8 Å². The molecule has 0 bridgehead atoms. The van der Waals surface area contributed by atoms with Crippen molar-refractivity contribution in [3.63, 3.8) is 0 Å². The second-order valence-electron chi connectivity index (χ2n) is 1.80. The summed E-state index contributed by atoms with van der Waals surface area (Å²) in [6.45, 7) is 0. The van der Waals surface area contributed by atoms with E-state index in [1.807, 2.05) is 0 Å². The third-order valence-electron chi connectivity index (χ3n) is 0.567. The summed E-state index contributed by atoms with van der Waals surface area (Å²) in [6.07, 6.45) is 0. The molecule has 0 aromatic rings. The van der Waals surface area contributed by atoms with Gasteiger partial charge in [0.15, 0.2) is 20.2 Å². The number of alkyl halides is 6. The van der Waals surface area contributed by atoms with Crippen molar-refractivity contribution in [2.45, 2.75) is 11.0 Å². The van der Waals surface area contributed by atoms with E-state index in [0.717, 1.165) is 0 Å². The minimum atomic E-state index is -6.09. The number of rotatable bonds is 0. The maximum atomic E-state index is 10.7. The maximum absolute atomic E-state index is 10.7. The monoisotopic (exact) mass is 357 g/mol. The van der Waals surface area contributed by atoms with Crippen LogP contribution in [0.15, 0.2) is 0 Å². The first kappa shape index (κ1) is 22.1. The number of hydrogen-bond acceptors (Lipinski definition) is 6. The fraction of sp³-hybridized carbons (Fsp3) is 1.00. The van der Waals surface area contributed by atoms with Gasteiger partial charge in [0.25, 0.3) is 0 Å². The molecule has 0 atom stereocenters. The largest absolute Gasteiger partial charge is 3.00 e. The first-order chi connectivity index (χ1) is 6.50. The maximum Gasteiger partial charge on any atom is 3.00 e. The topological polar surface area (TPSA) is 114 Å². The van der Waals surface area contributed by atoms with Crippen LogP contribution in [0.2, 0.25) is 0 Å². The minimum absolute atomic E-state index is 0. The van der Waals surface area contributed by atoms with Crippen LogP contribution in [0.4, 0.5) is 26.3 Å². The van der Waals surface area contributed by atoms with E-state index >= 15 is 0 Å². The number of hydrogen-bond donors (Lipinski definition) is 0. The van der Waals surface area contributed by atoms with Crippen molar-refractivity contribution >= 4 is 20.2 Å². The second kappa shape index (κ2) is 6.18. The molecule has 0 saturated carbocycles. The van der Waals surface area contributed by atoms with Gasteiger partial charge in [-0.3, -0.25) is 0 Å². The van der Waals surface area contributed by atoms with E-state index < -0.39 is 31.3 Å². The van der Waals surface area contributed by atoms with Gasteiger partial charge in [0.2, 0.25) is 0 Å². The third kappa shape index (κ3) is 9.59. The molecule has 0 rings (SSSR count). The Balaban J connectivity index is -0.000000218. The van der Waals surface area contributed by atoms with Gasteiger partial charge >= 0.3 is 27.8 Å². The van der Waals surface area contributed by atoms with Crippen molar-refractivity contribution in [1.29, 1.82) is 0 Å². The van der Waals surface area contributed by atoms with E-state index in [4.69, 9.17) is 25.9 Å². The molecule has 0 aromatic carbocycles. The molecule has 0 aromatic heterocycles. The quantitative estimate of drug-likeness (QED) is 0.345. The molecule has 0 heterocycles. The molecule has 0 aliphatic carbocycles. The van der Waals surface area contributed by atoms with E-state index in [1.54, 1.807) is 0 Å². The molecule has 0 fully saturated rings. The Morgan fingerprint density at radius 3 is 0.706 bits per heavy atom. The molecule has 0 unspecified atom stereocenters. The van der Waals surface area contributed by atoms with Crippen molar-refractivity contribution < 1.29 is 69.1 Å². The molecule has 0 aliphatic heterocycles. The van der Waals surface area contributed by atoms with Gasteiger partial charge in [0, 0.05) is 0 Å². The van der Waals surface area contributed by atoms with Crippen LogP contribution in [-0.4, -0.2) is 37.0 Å². The summed E-state index contributed by atoms with van der Waals surface area (Å²) in [4.78, 5) is 0. The molecule has 0 amide bonds. The molecule has 0 radical (unpaired) electrons. The molecule has 0 aliphatic rings. The molecule has 0 saturated heterocycles. The standard InChI is InChI=1S/2CHF3O3S.Co/c2*2-1(3,4)8(5,6)7;/h2*(H,5,6,7);/q;;+3/p-2. The Kier molecular flexibility index (Phi) is 8.05. The smallest absolute Gasteiger partial charge is 0.741 e. The van der Waals surface area contributed by atoms with Crippen LogP contribution in [0.1, 0.15) is 0 Å². The first-order valence-corrected chi connectivity index (χ1v) is 5.36. The average Bonchev–Trinajstić information content (AvgIpc) is 1.77. The predicted molar refractivity (Wildman–Crippen MR) is 31.5 cm³/mol. The SMILES string of the molecule is O=S(=O)([O-])C(F)(F)F.O=S(=O)([O-])C(F)(F)F.[Co+3]. The van der Waals surface area contributed by atoms with E-state index in [0.29, 0.717) is 0 Å². The fourth-order valence-corrected chi connectivity index (χ4v) is 0. The normalized spacial score (nSPS) is 13.2. The van der Waals surface area contributed by atoms with Gasteiger partial charge in [-0.15, -0.1) is 0 Å². The summed E-state index contributed by atoms with van der Waals surface area (Å²) >= 11 is 0. The molecule has 0 N–H and O–H groups in total. The van der Waals surface area contributed by atoms with Crippen LogP contribution < -0.4 is 0 Å². The van der Waals surface area contributed by atoms with Gasteiger partial charge in [0.1, 0.15) is 0 Å². The van der Waals surface area contributed by atoms with Crippen LogP contribution in [-0.2, 0) is 37.0 Å². The van der Waals surface area contributed by atoms with Crippen molar-refractivity contribution in [3.8, 4) is 0 Å². The Labute approximate surface area is 101 Å². The predicted octanol–water partition coefficient (Wildman–Crippen LogP) is 0.100. The Hall–Kier alpha value is -0.0935. The Morgan fingerprint density at radius 2 is 0.706 bits per heavy atom. The molecule has 17 heavy (non-hydrogen) atoms.